The molecule has 0 heteroatoms. The Bertz CT molecular complexity index is 1740. The van der Waals surface area contributed by atoms with Crippen molar-refractivity contribution in [3.63, 3.8) is 0 Å². The SMILES string of the molecule is CC(C)c1cc(-c2cccc(-c3cccc(-c4ccc5c(ccc6ccccc65)c4)c3)c2)cc(C(C)C)c1. The van der Waals surface area contributed by atoms with Gasteiger partial charge in [-0.1, -0.05) is 131 Å². The van der Waals surface area contributed by atoms with Gasteiger partial charge in [-0.15, -0.1) is 0 Å². The van der Waals surface area contributed by atoms with Crippen LogP contribution in [0, 0.1) is 0 Å². The van der Waals surface area contributed by atoms with Crippen LogP contribution in [0.2, 0.25) is 0 Å². The lowest BCUT2D eigenvalue weighted by Gasteiger charge is -2.15. The molecule has 0 nitrogen and oxygen atoms in total. The summed E-state index contributed by atoms with van der Waals surface area (Å²) in [5.74, 6) is 1.01. The standard InChI is InChI=1S/C38H34/c1-25(2)34-22-35(26(3)4)24-36(23-34)31-13-8-11-29(20-31)28-10-7-12-30(19-28)32-17-18-38-33(21-32)16-15-27-9-5-6-14-37(27)38/h5-26H,1-4H3. The van der Waals surface area contributed by atoms with Crippen molar-refractivity contribution < 1.29 is 0 Å². The highest BCUT2D eigenvalue weighted by molar-refractivity contribution is 6.08. The van der Waals surface area contributed by atoms with Crippen LogP contribution in [0.4, 0.5) is 0 Å². The molecule has 0 fully saturated rings. The van der Waals surface area contributed by atoms with Crippen molar-refractivity contribution in [2.75, 3.05) is 0 Å². The van der Waals surface area contributed by atoms with Crippen molar-refractivity contribution in [1.29, 1.82) is 0 Å². The van der Waals surface area contributed by atoms with E-state index in [0.717, 1.165) is 0 Å². The molecule has 0 radical (unpaired) electrons. The normalized spacial score (nSPS) is 11.6. The summed E-state index contributed by atoms with van der Waals surface area (Å²) in [6.07, 6.45) is 0. The lowest BCUT2D eigenvalue weighted by Crippen LogP contribution is -1.95. The fraction of sp³-hybridized carbons (Fsp3) is 0.158. The molecule has 0 unspecified atom stereocenters. The molecular weight excluding hydrogens is 456 g/mol. The Morgan fingerprint density at radius 1 is 0.342 bits per heavy atom. The van der Waals surface area contributed by atoms with Gasteiger partial charge in [-0.05, 0) is 96.1 Å². The third kappa shape index (κ3) is 4.63. The van der Waals surface area contributed by atoms with E-state index in [9.17, 15) is 0 Å². The van der Waals surface area contributed by atoms with Crippen LogP contribution in [-0.2, 0) is 0 Å². The number of hydrogen-bond donors (Lipinski definition) is 0. The molecule has 0 saturated heterocycles. The van der Waals surface area contributed by atoms with Crippen LogP contribution in [0.25, 0.3) is 54.9 Å². The summed E-state index contributed by atoms with van der Waals surface area (Å²) in [7, 11) is 0. The molecule has 186 valence electrons. The highest BCUT2D eigenvalue weighted by Crippen LogP contribution is 2.34. The molecule has 0 aliphatic heterocycles. The Morgan fingerprint density at radius 3 is 1.45 bits per heavy atom. The van der Waals surface area contributed by atoms with Gasteiger partial charge in [-0.25, -0.2) is 0 Å². The second-order valence-electron chi connectivity index (χ2n) is 11.1. The molecule has 0 heterocycles. The molecule has 0 N–H and O–H groups in total. The maximum atomic E-state index is 2.37. The van der Waals surface area contributed by atoms with Gasteiger partial charge in [-0.2, -0.15) is 0 Å². The molecule has 0 aliphatic rings. The van der Waals surface area contributed by atoms with Gasteiger partial charge in [0.05, 0.1) is 0 Å². The van der Waals surface area contributed by atoms with Crippen molar-refractivity contribution >= 4 is 21.5 Å². The molecule has 6 aromatic carbocycles. The summed E-state index contributed by atoms with van der Waals surface area (Å²) in [6.45, 7) is 9.11. The lowest BCUT2D eigenvalue weighted by atomic mass is 9.90. The zero-order valence-corrected chi connectivity index (χ0v) is 22.7. The van der Waals surface area contributed by atoms with Gasteiger partial charge < -0.3 is 0 Å². The summed E-state index contributed by atoms with van der Waals surface area (Å²) in [5, 5.41) is 5.18. The fourth-order valence-electron chi connectivity index (χ4n) is 5.46. The largest absolute Gasteiger partial charge is 0.0616 e. The van der Waals surface area contributed by atoms with E-state index in [1.807, 2.05) is 0 Å². The molecule has 0 spiro atoms. The van der Waals surface area contributed by atoms with Gasteiger partial charge in [-0.3, -0.25) is 0 Å². The summed E-state index contributed by atoms with van der Waals surface area (Å²) in [5.41, 5.74) is 10.4. The van der Waals surface area contributed by atoms with Crippen LogP contribution in [0.15, 0.2) is 121 Å². The van der Waals surface area contributed by atoms with Crippen LogP contribution in [-0.4, -0.2) is 0 Å². The first-order valence-corrected chi connectivity index (χ1v) is 13.7. The zero-order valence-electron chi connectivity index (χ0n) is 22.7. The smallest absolute Gasteiger partial charge is 0.0105 e. The first-order valence-electron chi connectivity index (χ1n) is 13.7. The maximum absolute atomic E-state index is 2.37. The zero-order chi connectivity index (χ0) is 26.2. The Labute approximate surface area is 226 Å². The average molecular weight is 491 g/mol. The Balaban J connectivity index is 1.39. The molecular formula is C38H34. The van der Waals surface area contributed by atoms with E-state index in [0.29, 0.717) is 11.8 Å². The van der Waals surface area contributed by atoms with Crippen molar-refractivity contribution in [2.24, 2.45) is 0 Å². The topological polar surface area (TPSA) is 0 Å². The Morgan fingerprint density at radius 2 is 0.842 bits per heavy atom. The van der Waals surface area contributed by atoms with Gasteiger partial charge in [0.25, 0.3) is 0 Å². The van der Waals surface area contributed by atoms with E-state index in [-0.39, 0.29) is 0 Å². The highest BCUT2D eigenvalue weighted by atomic mass is 14.2. The van der Waals surface area contributed by atoms with Crippen LogP contribution in [0.3, 0.4) is 0 Å². The fourth-order valence-corrected chi connectivity index (χ4v) is 5.46. The summed E-state index contributed by atoms with van der Waals surface area (Å²) >= 11 is 0. The van der Waals surface area contributed by atoms with Gasteiger partial charge in [0, 0.05) is 0 Å². The molecule has 0 atom stereocenters. The third-order valence-electron chi connectivity index (χ3n) is 7.78. The van der Waals surface area contributed by atoms with E-state index in [1.54, 1.807) is 0 Å². The van der Waals surface area contributed by atoms with Crippen LogP contribution < -0.4 is 0 Å². The first-order chi connectivity index (χ1) is 18.5. The lowest BCUT2D eigenvalue weighted by molar-refractivity contribution is 0.834. The first kappa shape index (κ1) is 24.2. The van der Waals surface area contributed by atoms with Crippen molar-refractivity contribution in [1.82, 2.24) is 0 Å². The van der Waals surface area contributed by atoms with Crippen molar-refractivity contribution in [2.45, 2.75) is 39.5 Å². The summed E-state index contributed by atoms with van der Waals surface area (Å²) in [4.78, 5) is 0. The van der Waals surface area contributed by atoms with Gasteiger partial charge in [0.15, 0.2) is 0 Å². The quantitative estimate of drug-likeness (QED) is 0.211. The number of benzene rings is 6. The van der Waals surface area contributed by atoms with Gasteiger partial charge in [0.2, 0.25) is 0 Å². The van der Waals surface area contributed by atoms with E-state index in [4.69, 9.17) is 0 Å². The van der Waals surface area contributed by atoms with E-state index in [2.05, 4.69) is 149 Å². The minimum atomic E-state index is 0.507. The molecule has 0 saturated carbocycles. The average Bonchev–Trinajstić information content (AvgIpc) is 2.96. The molecule has 0 amide bonds. The highest BCUT2D eigenvalue weighted by Gasteiger charge is 2.10. The predicted octanol–water partition coefficient (Wildman–Crippen LogP) is 11.2. The number of rotatable bonds is 5. The van der Waals surface area contributed by atoms with Crippen molar-refractivity contribution in [3.05, 3.63) is 132 Å². The molecule has 38 heavy (non-hydrogen) atoms. The minimum absolute atomic E-state index is 0.507. The molecule has 0 bridgehead atoms. The second kappa shape index (κ2) is 9.95. The summed E-state index contributed by atoms with van der Waals surface area (Å²) in [6, 6.07) is 45.0. The predicted molar refractivity (Wildman–Crippen MR) is 166 cm³/mol. The van der Waals surface area contributed by atoms with E-state index < -0.39 is 0 Å². The van der Waals surface area contributed by atoms with Crippen LogP contribution in [0.1, 0.15) is 50.7 Å². The van der Waals surface area contributed by atoms with Crippen LogP contribution in [0.5, 0.6) is 0 Å². The number of hydrogen-bond acceptors (Lipinski definition) is 0. The van der Waals surface area contributed by atoms with E-state index >= 15 is 0 Å². The minimum Gasteiger partial charge on any atom is -0.0616 e. The van der Waals surface area contributed by atoms with E-state index in [1.165, 1.54) is 66.1 Å². The monoisotopic (exact) mass is 490 g/mol. The second-order valence-corrected chi connectivity index (χ2v) is 11.1. The summed E-state index contributed by atoms with van der Waals surface area (Å²) < 4.78 is 0. The van der Waals surface area contributed by atoms with Gasteiger partial charge >= 0.3 is 0 Å². The van der Waals surface area contributed by atoms with Gasteiger partial charge in [0.1, 0.15) is 0 Å². The van der Waals surface area contributed by atoms with Crippen molar-refractivity contribution in [3.8, 4) is 33.4 Å². The molecule has 6 aromatic rings. The molecule has 0 aliphatic carbocycles. The molecule has 6 rings (SSSR count). The number of fused-ring (bicyclic) bond motifs is 3. The Kier molecular flexibility index (Phi) is 6.34. The van der Waals surface area contributed by atoms with Crippen LogP contribution >= 0.6 is 0 Å². The maximum Gasteiger partial charge on any atom is -0.0105 e. The Hall–Kier alpha value is -4.16. The third-order valence-corrected chi connectivity index (χ3v) is 7.78. The molecule has 0 aromatic heterocycles.